The van der Waals surface area contributed by atoms with E-state index in [0.29, 0.717) is 13.0 Å². The zero-order valence-electron chi connectivity index (χ0n) is 10.8. The minimum atomic E-state index is -0.323. The van der Waals surface area contributed by atoms with Crippen LogP contribution in [0.5, 0.6) is 5.75 Å². The predicted octanol–water partition coefficient (Wildman–Crippen LogP) is 2.15. The first-order valence-corrected chi connectivity index (χ1v) is 5.96. The molecule has 0 spiro atoms. The molecule has 0 N–H and O–H groups in total. The van der Waals surface area contributed by atoms with Gasteiger partial charge in [-0.1, -0.05) is 12.1 Å². The van der Waals surface area contributed by atoms with Gasteiger partial charge in [-0.25, -0.2) is 0 Å². The van der Waals surface area contributed by atoms with Crippen molar-refractivity contribution in [1.82, 2.24) is 0 Å². The Morgan fingerprint density at radius 1 is 1.22 bits per heavy atom. The molecule has 0 unspecified atom stereocenters. The lowest BCUT2D eigenvalue weighted by atomic mass is 10.1. The number of carbonyl (C=O) groups excluding carboxylic acids is 2. The molecule has 4 heteroatoms. The third-order valence-electron chi connectivity index (χ3n) is 2.45. The number of ether oxygens (including phenoxy) is 2. The maximum Gasteiger partial charge on any atom is 0.306 e. The lowest BCUT2D eigenvalue weighted by molar-refractivity contribution is -0.144. The Kier molecular flexibility index (Phi) is 5.91. The summed E-state index contributed by atoms with van der Waals surface area (Å²) in [5, 5.41) is 0. The van der Waals surface area contributed by atoms with Crippen molar-refractivity contribution in [2.45, 2.75) is 26.2 Å². The number of rotatable bonds is 7. The Balaban J connectivity index is 2.42. The average molecular weight is 250 g/mol. The maximum absolute atomic E-state index is 11.7. The van der Waals surface area contributed by atoms with Crippen molar-refractivity contribution >= 4 is 11.8 Å². The van der Waals surface area contributed by atoms with Crippen molar-refractivity contribution in [1.29, 1.82) is 0 Å². The standard InChI is InChI=1S/C14H18O4/c1-3-18-14(16)8-7-12(15)9-11-5-4-6-13(10-11)17-2/h4-6,10H,3,7-9H2,1-2H3. The van der Waals surface area contributed by atoms with Crippen LogP contribution >= 0.6 is 0 Å². The summed E-state index contributed by atoms with van der Waals surface area (Å²) in [6.07, 6.45) is 0.684. The average Bonchev–Trinajstić information content (AvgIpc) is 2.37. The molecule has 18 heavy (non-hydrogen) atoms. The molecule has 4 nitrogen and oxygen atoms in total. The molecule has 0 atom stereocenters. The third-order valence-corrected chi connectivity index (χ3v) is 2.45. The largest absolute Gasteiger partial charge is 0.497 e. The van der Waals surface area contributed by atoms with Crippen LogP contribution in [0.25, 0.3) is 0 Å². The highest BCUT2D eigenvalue weighted by atomic mass is 16.5. The van der Waals surface area contributed by atoms with Crippen molar-refractivity contribution in [3.8, 4) is 5.75 Å². The summed E-state index contributed by atoms with van der Waals surface area (Å²) in [6, 6.07) is 7.35. The quantitative estimate of drug-likeness (QED) is 0.696. The maximum atomic E-state index is 11.7. The van der Waals surface area contributed by atoms with E-state index in [4.69, 9.17) is 9.47 Å². The van der Waals surface area contributed by atoms with E-state index in [2.05, 4.69) is 0 Å². The second-order valence-corrected chi connectivity index (χ2v) is 3.87. The van der Waals surface area contributed by atoms with Gasteiger partial charge in [-0.15, -0.1) is 0 Å². The topological polar surface area (TPSA) is 52.6 Å². The summed E-state index contributed by atoms with van der Waals surface area (Å²) >= 11 is 0. The minimum Gasteiger partial charge on any atom is -0.497 e. The molecule has 0 saturated carbocycles. The molecule has 0 aliphatic carbocycles. The Morgan fingerprint density at radius 2 is 2.00 bits per heavy atom. The van der Waals surface area contributed by atoms with E-state index in [1.165, 1.54) is 0 Å². The van der Waals surface area contributed by atoms with Crippen LogP contribution in [0.2, 0.25) is 0 Å². The van der Waals surface area contributed by atoms with E-state index >= 15 is 0 Å². The molecular formula is C14H18O4. The first-order valence-electron chi connectivity index (χ1n) is 5.96. The summed E-state index contributed by atoms with van der Waals surface area (Å²) in [5.41, 5.74) is 0.892. The Bertz CT molecular complexity index is 412. The highest BCUT2D eigenvalue weighted by Gasteiger charge is 2.08. The molecule has 0 aliphatic rings. The van der Waals surface area contributed by atoms with Gasteiger partial charge < -0.3 is 9.47 Å². The number of methoxy groups -OCH3 is 1. The molecule has 0 radical (unpaired) electrons. The molecule has 0 aliphatic heterocycles. The Hall–Kier alpha value is -1.84. The number of carbonyl (C=O) groups is 2. The van der Waals surface area contributed by atoms with Crippen LogP contribution in [0.4, 0.5) is 0 Å². The lowest BCUT2D eigenvalue weighted by Crippen LogP contribution is -2.09. The van der Waals surface area contributed by atoms with Crippen LogP contribution in [0.1, 0.15) is 25.3 Å². The van der Waals surface area contributed by atoms with Gasteiger partial charge in [-0.3, -0.25) is 9.59 Å². The van der Waals surface area contributed by atoms with Crippen LogP contribution in [0, 0.1) is 0 Å². The molecular weight excluding hydrogens is 232 g/mol. The van der Waals surface area contributed by atoms with Gasteiger partial charge in [0, 0.05) is 12.8 Å². The summed E-state index contributed by atoms with van der Waals surface area (Å²) < 4.78 is 9.85. The van der Waals surface area contributed by atoms with Gasteiger partial charge >= 0.3 is 5.97 Å². The molecule has 0 heterocycles. The van der Waals surface area contributed by atoms with Gasteiger partial charge in [-0.2, -0.15) is 0 Å². The van der Waals surface area contributed by atoms with Crippen molar-refractivity contribution in [3.05, 3.63) is 29.8 Å². The highest BCUT2D eigenvalue weighted by molar-refractivity contribution is 5.84. The normalized spacial score (nSPS) is 9.89. The zero-order chi connectivity index (χ0) is 13.4. The van der Waals surface area contributed by atoms with Crippen LogP contribution in [0.15, 0.2) is 24.3 Å². The molecule has 0 aromatic heterocycles. The number of Topliss-reactive ketones (excluding diaryl/α,β-unsaturated/α-hetero) is 1. The first kappa shape index (κ1) is 14.2. The second kappa shape index (κ2) is 7.48. The molecule has 0 amide bonds. The number of benzene rings is 1. The van der Waals surface area contributed by atoms with Gasteiger partial charge in [0.1, 0.15) is 11.5 Å². The SMILES string of the molecule is CCOC(=O)CCC(=O)Cc1cccc(OC)c1. The summed E-state index contributed by atoms with van der Waals surface area (Å²) in [4.78, 5) is 22.8. The number of esters is 1. The number of hydrogen-bond acceptors (Lipinski definition) is 4. The zero-order valence-corrected chi connectivity index (χ0v) is 10.8. The van der Waals surface area contributed by atoms with Gasteiger partial charge in [-0.05, 0) is 24.6 Å². The smallest absolute Gasteiger partial charge is 0.306 e. The van der Waals surface area contributed by atoms with Crippen molar-refractivity contribution in [2.75, 3.05) is 13.7 Å². The molecule has 1 aromatic rings. The fourth-order valence-electron chi connectivity index (χ4n) is 1.57. The van der Waals surface area contributed by atoms with Crippen LogP contribution in [0.3, 0.4) is 0 Å². The van der Waals surface area contributed by atoms with E-state index in [1.54, 1.807) is 14.0 Å². The van der Waals surface area contributed by atoms with E-state index < -0.39 is 0 Å². The van der Waals surface area contributed by atoms with Crippen molar-refractivity contribution in [3.63, 3.8) is 0 Å². The Labute approximate surface area is 107 Å². The predicted molar refractivity (Wildman–Crippen MR) is 67.6 cm³/mol. The van der Waals surface area contributed by atoms with Gasteiger partial charge in [0.15, 0.2) is 0 Å². The van der Waals surface area contributed by atoms with Crippen molar-refractivity contribution in [2.24, 2.45) is 0 Å². The van der Waals surface area contributed by atoms with E-state index in [9.17, 15) is 9.59 Å². The number of hydrogen-bond donors (Lipinski definition) is 0. The second-order valence-electron chi connectivity index (χ2n) is 3.87. The molecule has 0 fully saturated rings. The highest BCUT2D eigenvalue weighted by Crippen LogP contribution is 2.13. The molecule has 1 rings (SSSR count). The van der Waals surface area contributed by atoms with E-state index in [1.807, 2.05) is 24.3 Å². The van der Waals surface area contributed by atoms with E-state index in [-0.39, 0.29) is 24.6 Å². The van der Waals surface area contributed by atoms with E-state index in [0.717, 1.165) is 11.3 Å². The Morgan fingerprint density at radius 3 is 2.67 bits per heavy atom. The fraction of sp³-hybridized carbons (Fsp3) is 0.429. The van der Waals surface area contributed by atoms with Crippen LogP contribution in [-0.4, -0.2) is 25.5 Å². The monoisotopic (exact) mass is 250 g/mol. The number of ketones is 1. The lowest BCUT2D eigenvalue weighted by Gasteiger charge is -2.04. The first-order chi connectivity index (χ1) is 8.65. The van der Waals surface area contributed by atoms with Gasteiger partial charge in [0.05, 0.1) is 20.1 Å². The minimum absolute atomic E-state index is 0.0244. The van der Waals surface area contributed by atoms with Gasteiger partial charge in [0.2, 0.25) is 0 Å². The van der Waals surface area contributed by atoms with Crippen molar-refractivity contribution < 1.29 is 19.1 Å². The fourth-order valence-corrected chi connectivity index (χ4v) is 1.57. The summed E-state index contributed by atoms with van der Waals surface area (Å²) in [6.45, 7) is 2.10. The van der Waals surface area contributed by atoms with Crippen LogP contribution < -0.4 is 4.74 Å². The van der Waals surface area contributed by atoms with Gasteiger partial charge in [0.25, 0.3) is 0 Å². The molecule has 0 bridgehead atoms. The molecule has 98 valence electrons. The third kappa shape index (κ3) is 4.99. The molecule has 0 saturated heterocycles. The summed E-state index contributed by atoms with van der Waals surface area (Å²) in [5.74, 6) is 0.429. The summed E-state index contributed by atoms with van der Waals surface area (Å²) in [7, 11) is 1.59. The molecule has 1 aromatic carbocycles. The van der Waals surface area contributed by atoms with Crippen LogP contribution in [-0.2, 0) is 20.7 Å².